The van der Waals surface area contributed by atoms with Crippen molar-refractivity contribution >= 4 is 38.7 Å². The number of amides is 1. The number of anilines is 1. The fourth-order valence-corrected chi connectivity index (χ4v) is 6.19. The van der Waals surface area contributed by atoms with E-state index in [2.05, 4.69) is 59.5 Å². The first-order valence-corrected chi connectivity index (χ1v) is 13.1. The van der Waals surface area contributed by atoms with E-state index in [0.29, 0.717) is 38.5 Å². The van der Waals surface area contributed by atoms with Gasteiger partial charge >= 0.3 is 6.18 Å². The lowest BCUT2D eigenvalue weighted by Crippen LogP contribution is -2.59. The summed E-state index contributed by atoms with van der Waals surface area (Å²) in [7, 11) is 0. The van der Waals surface area contributed by atoms with Crippen LogP contribution in [0.2, 0.25) is 0 Å². The zero-order chi connectivity index (χ0) is 25.4. The van der Waals surface area contributed by atoms with Gasteiger partial charge in [-0.05, 0) is 60.4 Å². The molecule has 9 heteroatoms. The monoisotopic (exact) mass is 514 g/mol. The lowest BCUT2D eigenvalue weighted by Gasteiger charge is -2.45. The van der Waals surface area contributed by atoms with Gasteiger partial charge in [-0.25, -0.2) is 4.98 Å². The zero-order valence-corrected chi connectivity index (χ0v) is 21.1. The molecule has 5 nitrogen and oxygen atoms in total. The van der Waals surface area contributed by atoms with Crippen LogP contribution in [0.5, 0.6) is 0 Å². The fraction of sp³-hybridized carbons (Fsp3) is 0.407. The van der Waals surface area contributed by atoms with Gasteiger partial charge in [0.05, 0.1) is 12.1 Å². The van der Waals surface area contributed by atoms with Crippen LogP contribution in [-0.2, 0) is 11.0 Å². The number of fused-ring (bicyclic) bond motifs is 1. The van der Waals surface area contributed by atoms with Gasteiger partial charge in [0.25, 0.3) is 0 Å². The SMILES string of the molecule is C[C@@H]1CN(c2ccc(C(F)(F)F)cn2)C[C@H](C)N1CC(=O)N1CC=C(c2cccc3ccsc23)CC1. The van der Waals surface area contributed by atoms with Gasteiger partial charge in [-0.2, -0.15) is 13.2 Å². The first kappa shape index (κ1) is 24.8. The number of benzene rings is 1. The van der Waals surface area contributed by atoms with E-state index in [1.165, 1.54) is 27.3 Å². The Morgan fingerprint density at radius 1 is 1.11 bits per heavy atom. The molecule has 36 heavy (non-hydrogen) atoms. The summed E-state index contributed by atoms with van der Waals surface area (Å²) in [4.78, 5) is 23.3. The van der Waals surface area contributed by atoms with Crippen molar-refractivity contribution in [2.75, 3.05) is 37.6 Å². The average Bonchev–Trinajstić information content (AvgIpc) is 3.35. The molecule has 1 saturated heterocycles. The molecule has 0 N–H and O–H groups in total. The van der Waals surface area contributed by atoms with Crippen LogP contribution in [-0.4, -0.2) is 65.5 Å². The first-order chi connectivity index (χ1) is 17.2. The van der Waals surface area contributed by atoms with Gasteiger partial charge in [-0.15, -0.1) is 11.3 Å². The molecule has 2 atom stereocenters. The number of nitrogens with zero attached hydrogens (tertiary/aromatic N) is 4. The number of rotatable bonds is 4. The summed E-state index contributed by atoms with van der Waals surface area (Å²) in [6, 6.07) is 11.1. The maximum Gasteiger partial charge on any atom is 0.417 e. The molecule has 2 aliphatic rings. The Morgan fingerprint density at radius 2 is 1.89 bits per heavy atom. The molecule has 5 rings (SSSR count). The van der Waals surface area contributed by atoms with Gasteiger partial charge in [-0.1, -0.05) is 24.3 Å². The summed E-state index contributed by atoms with van der Waals surface area (Å²) in [5.41, 5.74) is 1.82. The molecule has 1 amide bonds. The highest BCUT2D eigenvalue weighted by Crippen LogP contribution is 2.33. The number of hydrogen-bond acceptors (Lipinski definition) is 5. The van der Waals surface area contributed by atoms with Crippen molar-refractivity contribution < 1.29 is 18.0 Å². The van der Waals surface area contributed by atoms with E-state index in [1.54, 1.807) is 11.3 Å². The Labute approximate surface area is 212 Å². The van der Waals surface area contributed by atoms with E-state index in [4.69, 9.17) is 0 Å². The molecule has 0 aliphatic carbocycles. The minimum atomic E-state index is -4.40. The fourth-order valence-electron chi connectivity index (χ4n) is 5.24. The minimum absolute atomic E-state index is 0.0640. The standard InChI is InChI=1S/C27H29F3N4OS/c1-18-15-33(24-7-6-22(14-31-24)27(28,29)30)16-19(2)34(18)17-25(35)32-11-8-20(9-12-32)23-5-3-4-21-10-13-36-26(21)23/h3-8,10,13-14,18-19H,9,11-12,15-17H2,1-2H3/t18-,19+. The van der Waals surface area contributed by atoms with Crippen LogP contribution in [0.25, 0.3) is 15.7 Å². The van der Waals surface area contributed by atoms with Crippen LogP contribution >= 0.6 is 11.3 Å². The summed E-state index contributed by atoms with van der Waals surface area (Å²) in [5, 5.41) is 3.37. The van der Waals surface area contributed by atoms with Crippen molar-refractivity contribution in [2.45, 2.75) is 38.5 Å². The second-order valence-corrected chi connectivity index (χ2v) is 10.6. The summed E-state index contributed by atoms with van der Waals surface area (Å²) in [5.74, 6) is 0.640. The highest BCUT2D eigenvalue weighted by molar-refractivity contribution is 7.17. The minimum Gasteiger partial charge on any atom is -0.354 e. The number of pyridine rings is 1. The van der Waals surface area contributed by atoms with E-state index in [1.807, 2.05) is 9.80 Å². The van der Waals surface area contributed by atoms with Crippen molar-refractivity contribution in [2.24, 2.45) is 0 Å². The van der Waals surface area contributed by atoms with Gasteiger partial charge in [-0.3, -0.25) is 9.69 Å². The molecular weight excluding hydrogens is 485 g/mol. The molecule has 3 aromatic rings. The van der Waals surface area contributed by atoms with Crippen molar-refractivity contribution in [1.29, 1.82) is 0 Å². The van der Waals surface area contributed by atoms with Crippen molar-refractivity contribution in [3.05, 3.63) is 65.2 Å². The van der Waals surface area contributed by atoms with Gasteiger partial charge in [0.1, 0.15) is 5.82 Å². The van der Waals surface area contributed by atoms with Crippen LogP contribution in [0.1, 0.15) is 31.4 Å². The van der Waals surface area contributed by atoms with Crippen molar-refractivity contribution in [3.63, 3.8) is 0 Å². The van der Waals surface area contributed by atoms with Crippen LogP contribution < -0.4 is 4.90 Å². The van der Waals surface area contributed by atoms with E-state index in [9.17, 15) is 18.0 Å². The summed E-state index contributed by atoms with van der Waals surface area (Å²) < 4.78 is 39.9. The molecular formula is C27H29F3N4OS. The third kappa shape index (κ3) is 4.99. The van der Waals surface area contributed by atoms with E-state index in [0.717, 1.165) is 18.7 Å². The number of aromatic nitrogens is 1. The maximum atomic E-state index is 13.2. The summed E-state index contributed by atoms with van der Waals surface area (Å²) in [6.45, 7) is 6.95. The van der Waals surface area contributed by atoms with E-state index >= 15 is 0 Å². The van der Waals surface area contributed by atoms with Gasteiger partial charge in [0.15, 0.2) is 0 Å². The molecule has 2 aliphatic heterocycles. The van der Waals surface area contributed by atoms with Gasteiger partial charge < -0.3 is 9.80 Å². The predicted octanol–water partition coefficient (Wildman–Crippen LogP) is 5.53. The number of carbonyl (C=O) groups excluding carboxylic acids is 1. The van der Waals surface area contributed by atoms with Crippen LogP contribution in [0.15, 0.2) is 54.1 Å². The molecule has 1 aromatic carbocycles. The molecule has 1 fully saturated rings. The van der Waals surface area contributed by atoms with E-state index < -0.39 is 11.7 Å². The number of halogens is 3. The Balaban J connectivity index is 1.20. The number of alkyl halides is 3. The van der Waals surface area contributed by atoms with Crippen LogP contribution in [0, 0.1) is 0 Å². The van der Waals surface area contributed by atoms with Crippen molar-refractivity contribution in [1.82, 2.24) is 14.8 Å². The number of thiophene rings is 1. The average molecular weight is 515 g/mol. The highest BCUT2D eigenvalue weighted by Gasteiger charge is 2.34. The third-order valence-electron chi connectivity index (χ3n) is 7.21. The zero-order valence-electron chi connectivity index (χ0n) is 20.3. The smallest absolute Gasteiger partial charge is 0.354 e. The highest BCUT2D eigenvalue weighted by atomic mass is 32.1. The Kier molecular flexibility index (Phi) is 6.78. The summed E-state index contributed by atoms with van der Waals surface area (Å²) in [6.07, 6.45) is -0.497. The topological polar surface area (TPSA) is 39.7 Å². The molecule has 0 radical (unpaired) electrons. The largest absolute Gasteiger partial charge is 0.417 e. The Morgan fingerprint density at radius 3 is 2.53 bits per heavy atom. The molecule has 190 valence electrons. The molecule has 0 spiro atoms. The first-order valence-electron chi connectivity index (χ1n) is 12.2. The Bertz CT molecular complexity index is 1260. The molecule has 0 unspecified atom stereocenters. The molecule has 4 heterocycles. The predicted molar refractivity (Wildman–Crippen MR) is 138 cm³/mol. The van der Waals surface area contributed by atoms with Crippen LogP contribution in [0.4, 0.5) is 19.0 Å². The molecule has 0 saturated carbocycles. The van der Waals surface area contributed by atoms with E-state index in [-0.39, 0.29) is 18.0 Å². The maximum absolute atomic E-state index is 13.2. The van der Waals surface area contributed by atoms with Crippen LogP contribution in [0.3, 0.4) is 0 Å². The third-order valence-corrected chi connectivity index (χ3v) is 8.17. The lowest BCUT2D eigenvalue weighted by molar-refractivity contribution is -0.137. The normalized spacial score (nSPS) is 21.6. The number of piperazine rings is 1. The van der Waals surface area contributed by atoms with Gasteiger partial charge in [0.2, 0.25) is 5.91 Å². The number of carbonyl (C=O) groups is 1. The molecule has 2 aromatic heterocycles. The van der Waals surface area contributed by atoms with Crippen molar-refractivity contribution in [3.8, 4) is 0 Å². The quantitative estimate of drug-likeness (QED) is 0.459. The second kappa shape index (κ2) is 9.86. The summed E-state index contributed by atoms with van der Waals surface area (Å²) >= 11 is 1.75. The molecule has 0 bridgehead atoms. The number of hydrogen-bond donors (Lipinski definition) is 0. The Hall–Kier alpha value is -2.91. The second-order valence-electron chi connectivity index (χ2n) is 9.64. The lowest BCUT2D eigenvalue weighted by atomic mass is 9.98. The van der Waals surface area contributed by atoms with Gasteiger partial charge in [0, 0.05) is 49.2 Å².